The smallest absolute Gasteiger partial charge is 0.277 e. The van der Waals surface area contributed by atoms with Crippen LogP contribution in [0.2, 0.25) is 0 Å². The van der Waals surface area contributed by atoms with Crippen molar-refractivity contribution in [1.82, 2.24) is 14.8 Å². The van der Waals surface area contributed by atoms with Crippen LogP contribution in [-0.2, 0) is 0 Å². The predicted molar refractivity (Wildman–Crippen MR) is 113 cm³/mol. The van der Waals surface area contributed by atoms with Gasteiger partial charge in [0.1, 0.15) is 11.6 Å². The van der Waals surface area contributed by atoms with E-state index in [0.29, 0.717) is 11.5 Å². The second kappa shape index (κ2) is 8.34. The molecule has 1 amide bonds. The van der Waals surface area contributed by atoms with E-state index in [9.17, 15) is 4.79 Å². The molecular formula is C22H25N5O2. The van der Waals surface area contributed by atoms with Crippen molar-refractivity contribution in [3.05, 3.63) is 60.0 Å². The van der Waals surface area contributed by atoms with Crippen molar-refractivity contribution >= 4 is 17.4 Å². The molecule has 0 saturated carbocycles. The third-order valence-electron chi connectivity index (χ3n) is 5.15. The molecule has 1 aliphatic rings. The first kappa shape index (κ1) is 19.0. The van der Waals surface area contributed by atoms with E-state index in [1.807, 2.05) is 49.5 Å². The topological polar surface area (TPSA) is 72.3 Å². The monoisotopic (exact) mass is 391 g/mol. The Labute approximate surface area is 170 Å². The van der Waals surface area contributed by atoms with Gasteiger partial charge in [0.25, 0.3) is 5.91 Å². The van der Waals surface area contributed by atoms with E-state index in [4.69, 9.17) is 4.74 Å². The van der Waals surface area contributed by atoms with E-state index in [1.165, 1.54) is 19.3 Å². The number of piperidine rings is 1. The number of carbonyl (C=O) groups excluding carboxylic acids is 1. The lowest BCUT2D eigenvalue weighted by atomic mass is 10.1. The average Bonchev–Trinajstić information content (AvgIpc) is 3.17. The van der Waals surface area contributed by atoms with Gasteiger partial charge in [-0.05, 0) is 68.7 Å². The summed E-state index contributed by atoms with van der Waals surface area (Å²) in [6.07, 6.45) is 5.55. The first-order valence-electron chi connectivity index (χ1n) is 9.87. The number of methoxy groups -OCH3 is 1. The Morgan fingerprint density at radius 3 is 2.41 bits per heavy atom. The molecule has 7 nitrogen and oxygen atoms in total. The van der Waals surface area contributed by atoms with Gasteiger partial charge < -0.3 is 15.0 Å². The van der Waals surface area contributed by atoms with E-state index in [2.05, 4.69) is 20.3 Å². The van der Waals surface area contributed by atoms with Crippen molar-refractivity contribution < 1.29 is 9.53 Å². The quantitative estimate of drug-likeness (QED) is 0.716. The van der Waals surface area contributed by atoms with E-state index >= 15 is 0 Å². The minimum Gasteiger partial charge on any atom is -0.497 e. The van der Waals surface area contributed by atoms with Crippen LogP contribution >= 0.6 is 0 Å². The van der Waals surface area contributed by atoms with Gasteiger partial charge in [-0.3, -0.25) is 4.79 Å². The number of anilines is 2. The fraction of sp³-hybridized carbons (Fsp3) is 0.318. The summed E-state index contributed by atoms with van der Waals surface area (Å²) < 4.78 is 6.93. The zero-order valence-electron chi connectivity index (χ0n) is 16.8. The van der Waals surface area contributed by atoms with Gasteiger partial charge in [-0.25, -0.2) is 9.67 Å². The van der Waals surface area contributed by atoms with Gasteiger partial charge in [0.15, 0.2) is 5.69 Å². The zero-order chi connectivity index (χ0) is 20.2. The van der Waals surface area contributed by atoms with E-state index in [-0.39, 0.29) is 5.91 Å². The van der Waals surface area contributed by atoms with Crippen molar-refractivity contribution in [2.75, 3.05) is 30.4 Å². The highest BCUT2D eigenvalue weighted by atomic mass is 16.5. The minimum absolute atomic E-state index is 0.279. The minimum atomic E-state index is -0.279. The highest BCUT2D eigenvalue weighted by Gasteiger charge is 2.15. The lowest BCUT2D eigenvalue weighted by Crippen LogP contribution is -2.29. The van der Waals surface area contributed by atoms with Gasteiger partial charge in [-0.2, -0.15) is 5.10 Å². The molecule has 3 heterocycles. The van der Waals surface area contributed by atoms with Crippen LogP contribution in [0.3, 0.4) is 0 Å². The molecule has 0 bridgehead atoms. The predicted octanol–water partition coefficient (Wildman–Crippen LogP) is 3.83. The zero-order valence-corrected chi connectivity index (χ0v) is 16.8. The van der Waals surface area contributed by atoms with Gasteiger partial charge >= 0.3 is 0 Å². The van der Waals surface area contributed by atoms with E-state index in [0.717, 1.165) is 35.9 Å². The van der Waals surface area contributed by atoms with Crippen molar-refractivity contribution in [2.45, 2.75) is 26.2 Å². The summed E-state index contributed by atoms with van der Waals surface area (Å²) in [5, 5.41) is 7.28. The lowest BCUT2D eigenvalue weighted by molar-refractivity contribution is 0.102. The Morgan fingerprint density at radius 2 is 1.76 bits per heavy atom. The van der Waals surface area contributed by atoms with Crippen LogP contribution < -0.4 is 15.0 Å². The standard InChI is InChI=1S/C22H25N5O2/c1-16-14-20(25-27(16)17-6-9-19(29-2)10-7-17)22(28)24-21-11-8-18(15-23-21)26-12-4-3-5-13-26/h6-11,14-15H,3-5,12-13H2,1-2H3,(H,23,24,28). The van der Waals surface area contributed by atoms with Crippen LogP contribution in [0.5, 0.6) is 5.75 Å². The molecule has 0 atom stereocenters. The summed E-state index contributed by atoms with van der Waals surface area (Å²) >= 11 is 0. The maximum absolute atomic E-state index is 12.6. The number of rotatable bonds is 5. The number of hydrogen-bond acceptors (Lipinski definition) is 5. The summed E-state index contributed by atoms with van der Waals surface area (Å²) in [7, 11) is 1.63. The summed E-state index contributed by atoms with van der Waals surface area (Å²) in [5.74, 6) is 1.02. The number of benzene rings is 1. The number of ether oxygens (including phenoxy) is 1. The molecule has 4 rings (SSSR count). The van der Waals surface area contributed by atoms with Crippen molar-refractivity contribution in [3.8, 4) is 11.4 Å². The molecule has 0 spiro atoms. The number of pyridine rings is 1. The van der Waals surface area contributed by atoms with Gasteiger partial charge in [0.2, 0.25) is 0 Å². The van der Waals surface area contributed by atoms with Gasteiger partial charge in [0.05, 0.1) is 24.7 Å². The molecule has 150 valence electrons. The Kier molecular flexibility index (Phi) is 5.46. The van der Waals surface area contributed by atoms with Gasteiger partial charge in [-0.1, -0.05) is 0 Å². The molecule has 1 aromatic carbocycles. The van der Waals surface area contributed by atoms with Crippen molar-refractivity contribution in [1.29, 1.82) is 0 Å². The number of hydrogen-bond donors (Lipinski definition) is 1. The Bertz CT molecular complexity index is 973. The Balaban J connectivity index is 1.45. The van der Waals surface area contributed by atoms with Crippen molar-refractivity contribution in [2.24, 2.45) is 0 Å². The van der Waals surface area contributed by atoms with E-state index < -0.39 is 0 Å². The largest absolute Gasteiger partial charge is 0.497 e. The third-order valence-corrected chi connectivity index (χ3v) is 5.15. The lowest BCUT2D eigenvalue weighted by Gasteiger charge is -2.28. The molecule has 0 radical (unpaired) electrons. The van der Waals surface area contributed by atoms with Crippen LogP contribution in [0.25, 0.3) is 5.69 Å². The highest BCUT2D eigenvalue weighted by Crippen LogP contribution is 2.21. The summed E-state index contributed by atoms with van der Waals surface area (Å²) in [5.41, 5.74) is 3.18. The number of nitrogens with one attached hydrogen (secondary N) is 1. The van der Waals surface area contributed by atoms with Crippen molar-refractivity contribution in [3.63, 3.8) is 0 Å². The van der Waals surface area contributed by atoms with Crippen LogP contribution in [0, 0.1) is 6.92 Å². The van der Waals surface area contributed by atoms with Gasteiger partial charge in [0, 0.05) is 18.8 Å². The number of amides is 1. The van der Waals surface area contributed by atoms with Crippen LogP contribution in [-0.4, -0.2) is 40.9 Å². The molecule has 1 fully saturated rings. The molecule has 2 aromatic heterocycles. The second-order valence-corrected chi connectivity index (χ2v) is 7.18. The SMILES string of the molecule is COc1ccc(-n2nc(C(=O)Nc3ccc(N4CCCCC4)cn3)cc2C)cc1. The summed E-state index contributed by atoms with van der Waals surface area (Å²) in [4.78, 5) is 19.4. The molecule has 0 aliphatic carbocycles. The maximum Gasteiger partial charge on any atom is 0.277 e. The van der Waals surface area contributed by atoms with Gasteiger partial charge in [-0.15, -0.1) is 0 Å². The summed E-state index contributed by atoms with van der Waals surface area (Å²) in [6, 6.07) is 13.2. The van der Waals surface area contributed by atoms with Crippen LogP contribution in [0.1, 0.15) is 35.4 Å². The number of carbonyl (C=O) groups is 1. The Morgan fingerprint density at radius 1 is 1.03 bits per heavy atom. The van der Waals surface area contributed by atoms with E-state index in [1.54, 1.807) is 17.9 Å². The fourth-order valence-corrected chi connectivity index (χ4v) is 3.55. The molecular weight excluding hydrogens is 366 g/mol. The number of nitrogens with zero attached hydrogens (tertiary/aromatic N) is 4. The second-order valence-electron chi connectivity index (χ2n) is 7.18. The first-order chi connectivity index (χ1) is 14.1. The number of aryl methyl sites for hydroxylation is 1. The molecule has 1 saturated heterocycles. The molecule has 7 heteroatoms. The maximum atomic E-state index is 12.6. The fourth-order valence-electron chi connectivity index (χ4n) is 3.55. The molecule has 29 heavy (non-hydrogen) atoms. The highest BCUT2D eigenvalue weighted by molar-refractivity contribution is 6.02. The van der Waals surface area contributed by atoms with Crippen LogP contribution in [0.4, 0.5) is 11.5 Å². The molecule has 1 aliphatic heterocycles. The van der Waals surface area contributed by atoms with Crippen LogP contribution in [0.15, 0.2) is 48.7 Å². The molecule has 1 N–H and O–H groups in total. The normalized spacial score (nSPS) is 13.9. The summed E-state index contributed by atoms with van der Waals surface area (Å²) in [6.45, 7) is 4.05. The molecule has 3 aromatic rings. The number of aromatic nitrogens is 3. The third kappa shape index (κ3) is 4.23. The first-order valence-corrected chi connectivity index (χ1v) is 9.87. The Hall–Kier alpha value is -3.35. The molecule has 0 unspecified atom stereocenters. The average molecular weight is 391 g/mol.